The molecule has 0 aliphatic heterocycles. The number of carbonyl (C=O) groups excluding carboxylic acids is 1. The highest BCUT2D eigenvalue weighted by molar-refractivity contribution is 5.92. The van der Waals surface area contributed by atoms with Crippen LogP contribution in [0.25, 0.3) is 5.65 Å². The van der Waals surface area contributed by atoms with Crippen molar-refractivity contribution in [1.82, 2.24) is 14.3 Å². The van der Waals surface area contributed by atoms with Crippen LogP contribution in [0.2, 0.25) is 0 Å². The van der Waals surface area contributed by atoms with E-state index in [1.54, 1.807) is 20.3 Å². The number of nitrogens with zero attached hydrogens (tertiary/aromatic N) is 3. The van der Waals surface area contributed by atoms with Crippen LogP contribution in [-0.2, 0) is 0 Å². The van der Waals surface area contributed by atoms with E-state index in [9.17, 15) is 4.79 Å². The number of rotatable bonds is 1. The molecule has 0 unspecified atom stereocenters. The Bertz CT molecular complexity index is 514. The molecule has 4 heteroatoms. The summed E-state index contributed by atoms with van der Waals surface area (Å²) >= 11 is 0. The Kier molecular flexibility index (Phi) is 2.19. The van der Waals surface area contributed by atoms with E-state index in [0.29, 0.717) is 5.69 Å². The average Bonchev–Trinajstić information content (AvgIpc) is 2.61. The fourth-order valence-corrected chi connectivity index (χ4v) is 1.48. The number of amides is 1. The second kappa shape index (κ2) is 3.38. The van der Waals surface area contributed by atoms with Crippen LogP contribution in [0, 0.1) is 6.92 Å². The predicted octanol–water partition coefficient (Wildman–Crippen LogP) is 1.34. The highest BCUT2D eigenvalue weighted by atomic mass is 16.2. The van der Waals surface area contributed by atoms with Gasteiger partial charge in [0.25, 0.3) is 5.91 Å². The molecule has 0 aromatic carbocycles. The van der Waals surface area contributed by atoms with Crippen LogP contribution in [0.3, 0.4) is 0 Å². The minimum Gasteiger partial charge on any atom is -0.343 e. The van der Waals surface area contributed by atoms with E-state index < -0.39 is 0 Å². The largest absolute Gasteiger partial charge is 0.343 e. The molecular weight excluding hydrogens is 190 g/mol. The zero-order valence-electron chi connectivity index (χ0n) is 9.06. The molecule has 0 N–H and O–H groups in total. The molecular formula is C11H13N3O. The summed E-state index contributed by atoms with van der Waals surface area (Å²) in [4.78, 5) is 17.5. The van der Waals surface area contributed by atoms with Gasteiger partial charge in [-0.25, -0.2) is 4.98 Å². The lowest BCUT2D eigenvalue weighted by molar-refractivity contribution is 0.0822. The number of carbonyl (C=O) groups is 1. The highest BCUT2D eigenvalue weighted by Crippen LogP contribution is 2.09. The lowest BCUT2D eigenvalue weighted by Crippen LogP contribution is -2.21. The van der Waals surface area contributed by atoms with E-state index in [1.165, 1.54) is 4.90 Å². The molecule has 0 aliphatic rings. The third kappa shape index (κ3) is 1.58. The summed E-state index contributed by atoms with van der Waals surface area (Å²) in [5, 5.41) is 0. The number of aryl methyl sites for hydroxylation is 1. The molecule has 2 rings (SSSR count). The standard InChI is InChI=1S/C11H13N3O/c1-8-5-4-6-10-12-9(7-14(8)10)11(15)13(2)3/h4-7H,1-3H3. The van der Waals surface area contributed by atoms with Gasteiger partial charge in [-0.1, -0.05) is 6.07 Å². The molecule has 2 heterocycles. The van der Waals surface area contributed by atoms with Crippen molar-refractivity contribution < 1.29 is 4.79 Å². The first-order valence-corrected chi connectivity index (χ1v) is 4.76. The van der Waals surface area contributed by atoms with E-state index in [2.05, 4.69) is 4.98 Å². The molecule has 0 radical (unpaired) electrons. The molecule has 0 saturated heterocycles. The van der Waals surface area contributed by atoms with Crippen LogP contribution >= 0.6 is 0 Å². The summed E-state index contributed by atoms with van der Waals surface area (Å²) in [6.07, 6.45) is 1.77. The first kappa shape index (κ1) is 9.71. The Balaban J connectivity index is 2.57. The molecule has 0 saturated carbocycles. The van der Waals surface area contributed by atoms with Gasteiger partial charge in [0, 0.05) is 26.0 Å². The first-order chi connectivity index (χ1) is 7.09. The molecule has 0 atom stereocenters. The van der Waals surface area contributed by atoms with Gasteiger partial charge in [0.2, 0.25) is 0 Å². The van der Waals surface area contributed by atoms with Crippen molar-refractivity contribution in [1.29, 1.82) is 0 Å². The smallest absolute Gasteiger partial charge is 0.273 e. The van der Waals surface area contributed by atoms with Crippen LogP contribution in [0.5, 0.6) is 0 Å². The maximum absolute atomic E-state index is 11.7. The average molecular weight is 203 g/mol. The Morgan fingerprint density at radius 3 is 2.73 bits per heavy atom. The van der Waals surface area contributed by atoms with Crippen LogP contribution in [0.4, 0.5) is 0 Å². The van der Waals surface area contributed by atoms with Gasteiger partial charge in [0.1, 0.15) is 11.3 Å². The normalized spacial score (nSPS) is 10.6. The third-order valence-corrected chi connectivity index (χ3v) is 2.32. The van der Waals surface area contributed by atoms with E-state index in [-0.39, 0.29) is 5.91 Å². The predicted molar refractivity (Wildman–Crippen MR) is 57.9 cm³/mol. The number of hydrogen-bond donors (Lipinski definition) is 0. The molecule has 78 valence electrons. The van der Waals surface area contributed by atoms with Crippen molar-refractivity contribution in [3.8, 4) is 0 Å². The van der Waals surface area contributed by atoms with Crippen molar-refractivity contribution >= 4 is 11.6 Å². The topological polar surface area (TPSA) is 37.6 Å². The molecule has 15 heavy (non-hydrogen) atoms. The molecule has 0 aliphatic carbocycles. The van der Waals surface area contributed by atoms with Gasteiger partial charge in [0.05, 0.1) is 0 Å². The van der Waals surface area contributed by atoms with E-state index >= 15 is 0 Å². The minimum absolute atomic E-state index is 0.0712. The van der Waals surface area contributed by atoms with Crippen LogP contribution in [0.1, 0.15) is 16.2 Å². The Morgan fingerprint density at radius 1 is 1.40 bits per heavy atom. The summed E-state index contributed by atoms with van der Waals surface area (Å²) in [5.74, 6) is -0.0712. The number of hydrogen-bond acceptors (Lipinski definition) is 2. The van der Waals surface area contributed by atoms with Crippen molar-refractivity contribution in [3.63, 3.8) is 0 Å². The zero-order valence-corrected chi connectivity index (χ0v) is 9.06. The molecule has 2 aromatic rings. The van der Waals surface area contributed by atoms with Crippen molar-refractivity contribution in [3.05, 3.63) is 35.8 Å². The molecule has 1 amide bonds. The van der Waals surface area contributed by atoms with Gasteiger partial charge in [-0.3, -0.25) is 4.79 Å². The minimum atomic E-state index is -0.0712. The van der Waals surface area contributed by atoms with Gasteiger partial charge < -0.3 is 9.30 Å². The fraction of sp³-hybridized carbons (Fsp3) is 0.273. The first-order valence-electron chi connectivity index (χ1n) is 4.76. The number of aromatic nitrogens is 2. The Morgan fingerprint density at radius 2 is 2.13 bits per heavy atom. The van der Waals surface area contributed by atoms with E-state index in [4.69, 9.17) is 0 Å². The van der Waals surface area contributed by atoms with Gasteiger partial charge in [-0.2, -0.15) is 0 Å². The van der Waals surface area contributed by atoms with E-state index in [0.717, 1.165) is 11.3 Å². The lowest BCUT2D eigenvalue weighted by atomic mass is 10.4. The summed E-state index contributed by atoms with van der Waals surface area (Å²) in [5.41, 5.74) is 2.35. The fourth-order valence-electron chi connectivity index (χ4n) is 1.48. The second-order valence-corrected chi connectivity index (χ2v) is 3.72. The van der Waals surface area contributed by atoms with Crippen LogP contribution < -0.4 is 0 Å². The number of fused-ring (bicyclic) bond motifs is 1. The molecule has 4 nitrogen and oxygen atoms in total. The molecule has 0 fully saturated rings. The summed E-state index contributed by atoms with van der Waals surface area (Å²) in [6, 6.07) is 5.81. The molecule has 2 aromatic heterocycles. The Hall–Kier alpha value is -1.84. The molecule has 0 bridgehead atoms. The monoisotopic (exact) mass is 203 g/mol. The maximum Gasteiger partial charge on any atom is 0.273 e. The Labute approximate surface area is 88.2 Å². The zero-order chi connectivity index (χ0) is 11.0. The second-order valence-electron chi connectivity index (χ2n) is 3.72. The van der Waals surface area contributed by atoms with Gasteiger partial charge in [0.15, 0.2) is 0 Å². The van der Waals surface area contributed by atoms with Gasteiger partial charge >= 0.3 is 0 Å². The SMILES string of the molecule is Cc1cccc2nc(C(=O)N(C)C)cn12. The summed E-state index contributed by atoms with van der Waals surface area (Å²) < 4.78 is 1.91. The van der Waals surface area contributed by atoms with Crippen molar-refractivity contribution in [2.45, 2.75) is 6.92 Å². The van der Waals surface area contributed by atoms with Crippen LogP contribution in [-0.4, -0.2) is 34.3 Å². The quantitative estimate of drug-likeness (QED) is 0.701. The van der Waals surface area contributed by atoms with Crippen LogP contribution in [0.15, 0.2) is 24.4 Å². The third-order valence-electron chi connectivity index (χ3n) is 2.32. The lowest BCUT2D eigenvalue weighted by Gasteiger charge is -2.06. The van der Waals surface area contributed by atoms with Crippen molar-refractivity contribution in [2.24, 2.45) is 0 Å². The number of imidazole rings is 1. The van der Waals surface area contributed by atoms with Gasteiger partial charge in [-0.05, 0) is 19.1 Å². The molecule has 0 spiro atoms. The summed E-state index contributed by atoms with van der Waals surface area (Å²) in [7, 11) is 3.44. The van der Waals surface area contributed by atoms with Gasteiger partial charge in [-0.15, -0.1) is 0 Å². The van der Waals surface area contributed by atoms with E-state index in [1.807, 2.05) is 29.5 Å². The van der Waals surface area contributed by atoms with Crippen molar-refractivity contribution in [2.75, 3.05) is 14.1 Å². The maximum atomic E-state index is 11.7. The highest BCUT2D eigenvalue weighted by Gasteiger charge is 2.12. The number of pyridine rings is 1. The summed E-state index contributed by atoms with van der Waals surface area (Å²) in [6.45, 7) is 1.98.